The lowest BCUT2D eigenvalue weighted by molar-refractivity contribution is -0.137. The van der Waals surface area contributed by atoms with Crippen molar-refractivity contribution in [2.24, 2.45) is 5.73 Å². The Hall–Kier alpha value is -1.97. The molecule has 25 heavy (non-hydrogen) atoms. The van der Waals surface area contributed by atoms with Crippen LogP contribution in [0.3, 0.4) is 0 Å². The smallest absolute Gasteiger partial charge is 0.338 e. The number of halogens is 3. The van der Waals surface area contributed by atoms with Gasteiger partial charge in [0.15, 0.2) is 0 Å². The lowest BCUT2D eigenvalue weighted by atomic mass is 10.1. The van der Waals surface area contributed by atoms with Crippen molar-refractivity contribution >= 4 is 0 Å². The van der Waals surface area contributed by atoms with E-state index >= 15 is 0 Å². The minimum absolute atomic E-state index is 0.169. The second-order valence-electron chi connectivity index (χ2n) is 6.00. The maximum Gasteiger partial charge on any atom is 0.416 e. The van der Waals surface area contributed by atoms with E-state index in [2.05, 4.69) is 19.9 Å². The number of nitrogens with two attached hydrogens (primary N) is 1. The monoisotopic (exact) mass is 355 g/mol. The second kappa shape index (κ2) is 7.51. The minimum Gasteiger partial charge on any atom is -0.338 e. The highest BCUT2D eigenvalue weighted by atomic mass is 19.4. The summed E-state index contributed by atoms with van der Waals surface area (Å²) in [6.07, 6.45) is -4.40. The van der Waals surface area contributed by atoms with Crippen LogP contribution in [0.4, 0.5) is 13.2 Å². The molecule has 2 heterocycles. The molecule has 0 aliphatic carbocycles. The van der Waals surface area contributed by atoms with Crippen LogP contribution in [0.2, 0.25) is 0 Å². The number of benzene rings is 1. The summed E-state index contributed by atoms with van der Waals surface area (Å²) in [6, 6.07) is 4.92. The van der Waals surface area contributed by atoms with Crippen LogP contribution < -0.4 is 5.73 Å². The molecule has 9 heteroatoms. The summed E-state index contributed by atoms with van der Waals surface area (Å²) >= 11 is 0. The molecule has 0 unspecified atom stereocenters. The van der Waals surface area contributed by atoms with Crippen molar-refractivity contribution in [2.45, 2.75) is 12.7 Å². The Morgan fingerprint density at radius 3 is 2.52 bits per heavy atom. The Kier molecular flexibility index (Phi) is 5.36. The van der Waals surface area contributed by atoms with Gasteiger partial charge < -0.3 is 10.3 Å². The topological polar surface area (TPSA) is 71.4 Å². The molecule has 3 rings (SSSR count). The molecule has 0 bridgehead atoms. The van der Waals surface area contributed by atoms with Crippen molar-refractivity contribution in [1.82, 2.24) is 19.9 Å². The highest BCUT2D eigenvalue weighted by Crippen LogP contribution is 2.31. The molecule has 1 saturated heterocycles. The van der Waals surface area contributed by atoms with E-state index in [9.17, 15) is 13.2 Å². The molecule has 6 nitrogen and oxygen atoms in total. The number of alkyl halides is 3. The van der Waals surface area contributed by atoms with E-state index in [4.69, 9.17) is 10.3 Å². The van der Waals surface area contributed by atoms with Crippen molar-refractivity contribution in [3.8, 4) is 11.4 Å². The van der Waals surface area contributed by atoms with Crippen molar-refractivity contribution in [3.05, 3.63) is 35.7 Å². The van der Waals surface area contributed by atoms with Gasteiger partial charge in [0, 0.05) is 44.8 Å². The molecule has 0 atom stereocenters. The van der Waals surface area contributed by atoms with E-state index in [1.807, 2.05) is 0 Å². The van der Waals surface area contributed by atoms with E-state index in [1.165, 1.54) is 12.1 Å². The predicted molar refractivity (Wildman–Crippen MR) is 85.5 cm³/mol. The van der Waals surface area contributed by atoms with Gasteiger partial charge in [0.2, 0.25) is 11.7 Å². The van der Waals surface area contributed by atoms with Gasteiger partial charge >= 0.3 is 6.18 Å². The molecule has 1 aromatic carbocycles. The highest BCUT2D eigenvalue weighted by Gasteiger charge is 2.30. The summed E-state index contributed by atoms with van der Waals surface area (Å²) in [5.74, 6) is 0.572. The van der Waals surface area contributed by atoms with Crippen LogP contribution in [-0.2, 0) is 12.7 Å². The quantitative estimate of drug-likeness (QED) is 0.882. The van der Waals surface area contributed by atoms with Crippen LogP contribution in [0.5, 0.6) is 0 Å². The third-order valence-electron chi connectivity index (χ3n) is 4.19. The number of piperazine rings is 1. The summed E-state index contributed by atoms with van der Waals surface area (Å²) in [6.45, 7) is 5.58. The van der Waals surface area contributed by atoms with E-state index in [1.54, 1.807) is 0 Å². The van der Waals surface area contributed by atoms with Crippen molar-refractivity contribution in [1.29, 1.82) is 0 Å². The second-order valence-corrected chi connectivity index (χ2v) is 6.00. The van der Waals surface area contributed by atoms with Gasteiger partial charge in [0.25, 0.3) is 0 Å². The Labute approximate surface area is 143 Å². The fourth-order valence-electron chi connectivity index (χ4n) is 2.82. The predicted octanol–water partition coefficient (Wildman–Crippen LogP) is 1.83. The first-order valence-corrected chi connectivity index (χ1v) is 8.11. The van der Waals surface area contributed by atoms with Crippen molar-refractivity contribution < 1.29 is 17.7 Å². The average Bonchev–Trinajstić information content (AvgIpc) is 3.05. The fourth-order valence-corrected chi connectivity index (χ4v) is 2.82. The molecular formula is C16H20F3N5O. The minimum atomic E-state index is -4.40. The molecule has 1 aliphatic rings. The zero-order valence-corrected chi connectivity index (χ0v) is 13.7. The number of nitrogens with zero attached hydrogens (tertiary/aromatic N) is 4. The third-order valence-corrected chi connectivity index (χ3v) is 4.19. The van der Waals surface area contributed by atoms with Crippen LogP contribution in [-0.4, -0.2) is 59.2 Å². The summed E-state index contributed by atoms with van der Waals surface area (Å²) in [7, 11) is 0. The molecule has 2 N–H and O–H groups in total. The summed E-state index contributed by atoms with van der Waals surface area (Å²) in [4.78, 5) is 8.70. The van der Waals surface area contributed by atoms with Crippen LogP contribution in [0.1, 0.15) is 11.5 Å². The lowest BCUT2D eigenvalue weighted by Gasteiger charge is -2.33. The Morgan fingerprint density at radius 2 is 1.84 bits per heavy atom. The van der Waals surface area contributed by atoms with E-state index in [0.29, 0.717) is 19.0 Å². The molecule has 2 aromatic rings. The van der Waals surface area contributed by atoms with Crippen molar-refractivity contribution in [2.75, 3.05) is 39.3 Å². The van der Waals surface area contributed by atoms with E-state index in [-0.39, 0.29) is 11.4 Å². The average molecular weight is 355 g/mol. The Morgan fingerprint density at radius 1 is 1.12 bits per heavy atom. The van der Waals surface area contributed by atoms with Crippen LogP contribution in [0.25, 0.3) is 11.4 Å². The fraction of sp³-hybridized carbons (Fsp3) is 0.500. The van der Waals surface area contributed by atoms with Gasteiger partial charge in [-0.3, -0.25) is 9.80 Å². The molecular weight excluding hydrogens is 335 g/mol. The van der Waals surface area contributed by atoms with Gasteiger partial charge in [0.05, 0.1) is 12.1 Å². The van der Waals surface area contributed by atoms with E-state index in [0.717, 1.165) is 44.9 Å². The van der Waals surface area contributed by atoms with Gasteiger partial charge in [-0.2, -0.15) is 18.2 Å². The molecule has 136 valence electrons. The van der Waals surface area contributed by atoms with Gasteiger partial charge in [-0.05, 0) is 12.1 Å². The summed E-state index contributed by atoms with van der Waals surface area (Å²) in [5.41, 5.74) is 5.11. The molecule has 0 amide bonds. The van der Waals surface area contributed by atoms with Gasteiger partial charge in [-0.1, -0.05) is 17.3 Å². The van der Waals surface area contributed by atoms with Crippen LogP contribution >= 0.6 is 0 Å². The first-order valence-electron chi connectivity index (χ1n) is 8.11. The van der Waals surface area contributed by atoms with Gasteiger partial charge in [-0.15, -0.1) is 0 Å². The van der Waals surface area contributed by atoms with Gasteiger partial charge in [0.1, 0.15) is 0 Å². The van der Waals surface area contributed by atoms with Crippen molar-refractivity contribution in [3.63, 3.8) is 0 Å². The number of hydrogen-bond donors (Lipinski definition) is 1. The number of aromatic nitrogens is 2. The number of rotatable bonds is 5. The largest absolute Gasteiger partial charge is 0.416 e. The maximum absolute atomic E-state index is 12.8. The van der Waals surface area contributed by atoms with E-state index < -0.39 is 11.7 Å². The summed E-state index contributed by atoms with van der Waals surface area (Å²) in [5, 5.41) is 3.81. The summed E-state index contributed by atoms with van der Waals surface area (Å²) < 4.78 is 43.6. The highest BCUT2D eigenvalue weighted by molar-refractivity contribution is 5.55. The van der Waals surface area contributed by atoms with Gasteiger partial charge in [-0.25, -0.2) is 0 Å². The van der Waals surface area contributed by atoms with Crippen LogP contribution in [0, 0.1) is 0 Å². The Bertz CT molecular complexity index is 695. The third kappa shape index (κ3) is 4.56. The molecule has 0 saturated carbocycles. The first-order chi connectivity index (χ1) is 12.0. The zero-order valence-electron chi connectivity index (χ0n) is 13.7. The molecule has 1 aliphatic heterocycles. The zero-order chi connectivity index (χ0) is 17.9. The molecule has 0 radical (unpaired) electrons. The first kappa shape index (κ1) is 17.8. The standard InChI is InChI=1S/C16H20F3N5O/c17-16(18,19)13-3-1-2-12(10-13)15-21-14(25-22-15)11-24-8-6-23(5-4-20)7-9-24/h1-3,10H,4-9,11,20H2. The lowest BCUT2D eigenvalue weighted by Crippen LogP contribution is -2.47. The van der Waals surface area contributed by atoms with Crippen LogP contribution in [0.15, 0.2) is 28.8 Å². The maximum atomic E-state index is 12.8. The normalized spacial score (nSPS) is 17.1. The SMILES string of the molecule is NCCN1CCN(Cc2nc(-c3cccc(C(F)(F)F)c3)no2)CC1. The number of hydrogen-bond acceptors (Lipinski definition) is 6. The molecule has 0 spiro atoms. The molecule has 1 aromatic heterocycles. The molecule has 1 fully saturated rings. The Balaban J connectivity index is 1.63.